The number of halogens is 2. The summed E-state index contributed by atoms with van der Waals surface area (Å²) in [6.45, 7) is 7.58. The third-order valence-electron chi connectivity index (χ3n) is 3.54. The first kappa shape index (κ1) is 22.2. The Bertz CT molecular complexity index is 670. The summed E-state index contributed by atoms with van der Waals surface area (Å²) in [5.74, 6) is 1.52. The molecule has 3 N–H and O–H groups in total. The number of nitrogens with zero attached hydrogens (tertiary/aromatic N) is 2. The highest BCUT2D eigenvalue weighted by Gasteiger charge is 2.11. The highest BCUT2D eigenvalue weighted by Crippen LogP contribution is 2.26. The number of aromatic nitrogens is 1. The van der Waals surface area contributed by atoms with Crippen LogP contribution in [0.25, 0.3) is 0 Å². The van der Waals surface area contributed by atoms with Crippen LogP contribution < -0.4 is 10.6 Å². The van der Waals surface area contributed by atoms with Gasteiger partial charge in [-0.3, -0.25) is 4.99 Å². The molecule has 0 saturated heterocycles. The second kappa shape index (κ2) is 11.0. The van der Waals surface area contributed by atoms with Crippen molar-refractivity contribution in [2.45, 2.75) is 33.3 Å². The molecule has 2 aromatic rings. The van der Waals surface area contributed by atoms with Crippen molar-refractivity contribution in [3.63, 3.8) is 0 Å². The smallest absolute Gasteiger partial charge is 0.191 e. The van der Waals surface area contributed by atoms with Crippen molar-refractivity contribution in [2.75, 3.05) is 19.6 Å². The van der Waals surface area contributed by atoms with E-state index in [2.05, 4.69) is 20.8 Å². The van der Waals surface area contributed by atoms with Gasteiger partial charge in [0, 0.05) is 23.5 Å². The summed E-state index contributed by atoms with van der Waals surface area (Å²) in [4.78, 5) is 5.25. The fourth-order valence-corrected chi connectivity index (χ4v) is 3.32. The lowest BCUT2D eigenvalue weighted by Crippen LogP contribution is -2.38. The topological polar surface area (TPSA) is 82.7 Å². The first-order valence-electron chi connectivity index (χ1n) is 7.88. The number of rotatable bonds is 7. The monoisotopic (exact) mass is 498 g/mol. The van der Waals surface area contributed by atoms with Gasteiger partial charge in [-0.2, -0.15) is 0 Å². The Labute approximate surface area is 174 Å². The van der Waals surface area contributed by atoms with Crippen molar-refractivity contribution in [3.05, 3.63) is 38.4 Å². The van der Waals surface area contributed by atoms with E-state index in [-0.39, 0.29) is 30.5 Å². The van der Waals surface area contributed by atoms with Crippen LogP contribution in [0, 0.1) is 13.8 Å². The summed E-state index contributed by atoms with van der Waals surface area (Å²) in [5, 5.41) is 20.6. The van der Waals surface area contributed by atoms with Gasteiger partial charge in [-0.25, -0.2) is 0 Å². The summed E-state index contributed by atoms with van der Waals surface area (Å²) < 4.78 is 5.83. The molecule has 0 bridgehead atoms. The fraction of sp³-hybridized carbons (Fsp3) is 0.500. The van der Waals surface area contributed by atoms with Gasteiger partial charge < -0.3 is 20.3 Å². The van der Waals surface area contributed by atoms with Gasteiger partial charge >= 0.3 is 0 Å². The minimum Gasteiger partial charge on any atom is -0.386 e. The van der Waals surface area contributed by atoms with Crippen LogP contribution >= 0.6 is 46.9 Å². The molecular weight excluding hydrogens is 475 g/mol. The SMILES string of the molecule is CCNC(=NCC(O)c1ccc(Cl)s1)NCCc1c(C)noc1C.I. The molecule has 0 aliphatic carbocycles. The number of aliphatic hydroxyl groups excluding tert-OH is 1. The summed E-state index contributed by atoms with van der Waals surface area (Å²) in [6, 6.07) is 3.60. The van der Waals surface area contributed by atoms with E-state index < -0.39 is 6.10 Å². The van der Waals surface area contributed by atoms with Gasteiger partial charge in [-0.05, 0) is 39.3 Å². The Morgan fingerprint density at radius 2 is 2.16 bits per heavy atom. The molecule has 9 heteroatoms. The summed E-state index contributed by atoms with van der Waals surface area (Å²) in [6.07, 6.45) is 0.148. The van der Waals surface area contributed by atoms with Crippen LogP contribution in [0.5, 0.6) is 0 Å². The Kier molecular flexibility index (Phi) is 9.77. The van der Waals surface area contributed by atoms with E-state index in [4.69, 9.17) is 16.1 Å². The van der Waals surface area contributed by atoms with E-state index in [1.54, 1.807) is 6.07 Å². The highest BCUT2D eigenvalue weighted by atomic mass is 127. The molecule has 2 aromatic heterocycles. The van der Waals surface area contributed by atoms with E-state index in [1.807, 2.05) is 26.8 Å². The van der Waals surface area contributed by atoms with Crippen molar-refractivity contribution < 1.29 is 9.63 Å². The quantitative estimate of drug-likeness (QED) is 0.309. The predicted octanol–water partition coefficient (Wildman–Crippen LogP) is 3.46. The lowest BCUT2D eigenvalue weighted by molar-refractivity contribution is 0.191. The Hall–Kier alpha value is -0.840. The van der Waals surface area contributed by atoms with Crippen LogP contribution in [0.15, 0.2) is 21.6 Å². The lowest BCUT2D eigenvalue weighted by Gasteiger charge is -2.12. The number of nitrogens with one attached hydrogen (secondary N) is 2. The summed E-state index contributed by atoms with van der Waals surface area (Å²) >= 11 is 7.26. The van der Waals surface area contributed by atoms with Gasteiger partial charge in [0.25, 0.3) is 0 Å². The van der Waals surface area contributed by atoms with Crippen LogP contribution in [-0.4, -0.2) is 35.9 Å². The van der Waals surface area contributed by atoms with Gasteiger partial charge in [0.15, 0.2) is 5.96 Å². The number of hydrogen-bond donors (Lipinski definition) is 3. The van der Waals surface area contributed by atoms with Crippen LogP contribution in [-0.2, 0) is 6.42 Å². The third kappa shape index (κ3) is 6.76. The molecule has 0 radical (unpaired) electrons. The standard InChI is InChI=1S/C16H23ClN4O2S.HI/c1-4-18-16(19-8-7-12-10(2)21-23-11(12)3)20-9-13(22)14-5-6-15(17)24-14;/h5-6,13,22H,4,7-9H2,1-3H3,(H2,18,19,20);1H. The second-order valence-electron chi connectivity index (χ2n) is 5.36. The third-order valence-corrected chi connectivity index (χ3v) is 4.87. The second-order valence-corrected chi connectivity index (χ2v) is 7.10. The van der Waals surface area contributed by atoms with Crippen molar-refractivity contribution in [3.8, 4) is 0 Å². The molecular formula is C16H24ClIN4O2S. The van der Waals surface area contributed by atoms with Gasteiger partial charge in [-0.1, -0.05) is 16.8 Å². The van der Waals surface area contributed by atoms with Crippen LogP contribution in [0.1, 0.15) is 34.9 Å². The van der Waals surface area contributed by atoms with Gasteiger partial charge in [-0.15, -0.1) is 35.3 Å². The minimum absolute atomic E-state index is 0. The first-order chi connectivity index (χ1) is 11.5. The number of hydrogen-bond acceptors (Lipinski definition) is 5. The zero-order chi connectivity index (χ0) is 17.5. The molecule has 2 heterocycles. The molecule has 0 saturated carbocycles. The highest BCUT2D eigenvalue weighted by molar-refractivity contribution is 14.0. The molecule has 0 amide bonds. The van der Waals surface area contributed by atoms with Gasteiger partial charge in [0.1, 0.15) is 11.9 Å². The molecule has 140 valence electrons. The number of aryl methyl sites for hydroxylation is 2. The number of aliphatic hydroxyl groups is 1. The maximum atomic E-state index is 10.2. The first-order valence-corrected chi connectivity index (χ1v) is 9.08. The normalized spacial score (nSPS) is 12.6. The van der Waals surface area contributed by atoms with E-state index in [0.717, 1.165) is 34.9 Å². The average Bonchev–Trinajstić information content (AvgIpc) is 3.12. The Morgan fingerprint density at radius 1 is 1.40 bits per heavy atom. The zero-order valence-corrected chi connectivity index (χ0v) is 18.4. The summed E-state index contributed by atoms with van der Waals surface area (Å²) in [5.41, 5.74) is 2.04. The Balaban J connectivity index is 0.00000312. The minimum atomic E-state index is -0.652. The van der Waals surface area contributed by atoms with Gasteiger partial charge in [0.05, 0.1) is 16.6 Å². The van der Waals surface area contributed by atoms with E-state index in [0.29, 0.717) is 16.8 Å². The van der Waals surface area contributed by atoms with Crippen LogP contribution in [0.2, 0.25) is 4.34 Å². The molecule has 0 aliphatic rings. The molecule has 1 unspecified atom stereocenters. The lowest BCUT2D eigenvalue weighted by atomic mass is 10.1. The Morgan fingerprint density at radius 3 is 2.72 bits per heavy atom. The molecule has 6 nitrogen and oxygen atoms in total. The molecule has 25 heavy (non-hydrogen) atoms. The van der Waals surface area contributed by atoms with E-state index in [9.17, 15) is 5.11 Å². The zero-order valence-electron chi connectivity index (χ0n) is 14.5. The predicted molar refractivity (Wildman–Crippen MR) is 113 cm³/mol. The van der Waals surface area contributed by atoms with Crippen molar-refractivity contribution in [2.24, 2.45) is 4.99 Å². The van der Waals surface area contributed by atoms with E-state index >= 15 is 0 Å². The molecule has 0 fully saturated rings. The molecule has 2 rings (SSSR count). The van der Waals surface area contributed by atoms with Crippen molar-refractivity contribution >= 4 is 52.9 Å². The fourth-order valence-electron chi connectivity index (χ4n) is 2.28. The number of guanidine groups is 1. The summed E-state index contributed by atoms with van der Waals surface area (Å²) in [7, 11) is 0. The molecule has 1 atom stereocenters. The molecule has 0 spiro atoms. The number of thiophene rings is 1. The van der Waals surface area contributed by atoms with Crippen LogP contribution in [0.3, 0.4) is 0 Å². The molecule has 0 aromatic carbocycles. The molecule has 0 aliphatic heterocycles. The van der Waals surface area contributed by atoms with Crippen LogP contribution in [0.4, 0.5) is 0 Å². The van der Waals surface area contributed by atoms with E-state index in [1.165, 1.54) is 11.3 Å². The van der Waals surface area contributed by atoms with Crippen molar-refractivity contribution in [1.82, 2.24) is 15.8 Å². The number of aliphatic imine (C=N–C) groups is 1. The van der Waals surface area contributed by atoms with Crippen molar-refractivity contribution in [1.29, 1.82) is 0 Å². The average molecular weight is 499 g/mol. The maximum Gasteiger partial charge on any atom is 0.191 e. The van der Waals surface area contributed by atoms with Gasteiger partial charge in [0.2, 0.25) is 0 Å². The maximum absolute atomic E-state index is 10.2. The largest absolute Gasteiger partial charge is 0.386 e.